The number of aliphatic carboxylic acids is 1. The molecule has 0 aromatic rings. The minimum atomic E-state index is -4.80. The van der Waals surface area contributed by atoms with Crippen LogP contribution in [0.4, 0.5) is 0 Å². The second kappa shape index (κ2) is 8.54. The molecular weight excluding hydrogens is 351 g/mol. The monoisotopic (exact) mass is 370 g/mol. The molecule has 0 saturated carbocycles. The van der Waals surface area contributed by atoms with Crippen LogP contribution < -0.4 is 0 Å². The Morgan fingerprint density at radius 2 is 1.75 bits per heavy atom. The van der Waals surface area contributed by atoms with Gasteiger partial charge in [0.15, 0.2) is 6.10 Å². The lowest BCUT2D eigenvalue weighted by Gasteiger charge is -2.40. The summed E-state index contributed by atoms with van der Waals surface area (Å²) in [5.41, 5.74) is 0. The Labute approximate surface area is 137 Å². The van der Waals surface area contributed by atoms with Crippen LogP contribution in [0.1, 0.15) is 20.3 Å². The highest BCUT2D eigenvalue weighted by molar-refractivity contribution is 7.46. The van der Waals surface area contributed by atoms with E-state index in [1.165, 1.54) is 0 Å². The van der Waals surface area contributed by atoms with Crippen molar-refractivity contribution in [1.29, 1.82) is 0 Å². The second-order valence-electron chi connectivity index (χ2n) is 5.14. The normalized spacial score (nSPS) is 27.3. The van der Waals surface area contributed by atoms with Crippen LogP contribution in [0.3, 0.4) is 0 Å². The zero-order valence-corrected chi connectivity index (χ0v) is 13.9. The van der Waals surface area contributed by atoms with Crippen molar-refractivity contribution in [2.45, 2.75) is 38.6 Å². The molecule has 0 bridgehead atoms. The first kappa shape index (κ1) is 20.5. The zero-order chi connectivity index (χ0) is 18.5. The molecule has 3 N–H and O–H groups in total. The van der Waals surface area contributed by atoms with Gasteiger partial charge in [-0.25, -0.2) is 4.57 Å². The number of carboxylic acid groups (broad SMARTS) is 1. The lowest BCUT2D eigenvalue weighted by Crippen LogP contribution is -2.54. The van der Waals surface area contributed by atoms with Gasteiger partial charge in [-0.3, -0.25) is 18.9 Å². The van der Waals surface area contributed by atoms with Crippen LogP contribution in [-0.4, -0.2) is 64.3 Å². The van der Waals surface area contributed by atoms with Crippen molar-refractivity contribution in [3.63, 3.8) is 0 Å². The van der Waals surface area contributed by atoms with Crippen molar-refractivity contribution < 1.29 is 52.6 Å². The third-order valence-corrected chi connectivity index (χ3v) is 3.66. The van der Waals surface area contributed by atoms with E-state index < -0.39 is 63.0 Å². The van der Waals surface area contributed by atoms with Crippen LogP contribution in [0.25, 0.3) is 0 Å². The minimum Gasteiger partial charge on any atom is -0.481 e. The Kier molecular flexibility index (Phi) is 7.30. The first-order valence-electron chi connectivity index (χ1n) is 6.87. The van der Waals surface area contributed by atoms with Crippen molar-refractivity contribution in [2.75, 3.05) is 13.2 Å². The summed E-state index contributed by atoms with van der Waals surface area (Å²) in [5, 5.41) is 9.03. The number of ether oxygens (including phenoxy) is 3. The van der Waals surface area contributed by atoms with E-state index in [0.29, 0.717) is 0 Å². The molecule has 0 radical (unpaired) electrons. The van der Waals surface area contributed by atoms with Gasteiger partial charge in [-0.1, -0.05) is 0 Å². The smallest absolute Gasteiger partial charge is 0.469 e. The van der Waals surface area contributed by atoms with Crippen molar-refractivity contribution >= 4 is 25.7 Å². The fraction of sp³-hybridized carbons (Fsp3) is 0.750. The number of carbonyl (C=O) groups excluding carboxylic acids is 2. The standard InChI is InChI=1S/C12H19O11P/c1-6(13)22-10-4-20-9(5-21-24(17,18)19)8(3-11(15)16)12(10)23-7(2)14/h8-10,12H,3-5H2,1-2H3,(H,15,16)(H2,17,18,19). The van der Waals surface area contributed by atoms with Gasteiger partial charge in [-0.2, -0.15) is 0 Å². The van der Waals surface area contributed by atoms with E-state index >= 15 is 0 Å². The Morgan fingerprint density at radius 3 is 2.21 bits per heavy atom. The van der Waals surface area contributed by atoms with Gasteiger partial charge in [0.2, 0.25) is 0 Å². The summed E-state index contributed by atoms with van der Waals surface area (Å²) in [5.74, 6) is -3.70. The van der Waals surface area contributed by atoms with Gasteiger partial charge in [-0.15, -0.1) is 0 Å². The van der Waals surface area contributed by atoms with E-state index in [1.54, 1.807) is 0 Å². The van der Waals surface area contributed by atoms with Gasteiger partial charge in [0.1, 0.15) is 6.10 Å². The van der Waals surface area contributed by atoms with Crippen molar-refractivity contribution in [3.05, 3.63) is 0 Å². The van der Waals surface area contributed by atoms with E-state index in [4.69, 9.17) is 29.1 Å². The summed E-state index contributed by atoms with van der Waals surface area (Å²) in [7, 11) is -4.80. The molecule has 1 aliphatic heterocycles. The summed E-state index contributed by atoms with van der Waals surface area (Å²) < 4.78 is 30.5. The predicted molar refractivity (Wildman–Crippen MR) is 74.6 cm³/mol. The number of hydrogen-bond donors (Lipinski definition) is 3. The number of phosphoric acid groups is 1. The molecule has 0 aliphatic carbocycles. The lowest BCUT2D eigenvalue weighted by molar-refractivity contribution is -0.208. The number of rotatable bonds is 7. The molecule has 0 spiro atoms. The van der Waals surface area contributed by atoms with Crippen LogP contribution in [-0.2, 0) is 37.7 Å². The van der Waals surface area contributed by atoms with Gasteiger partial charge in [0, 0.05) is 19.8 Å². The Balaban J connectivity index is 3.01. The van der Waals surface area contributed by atoms with Crippen LogP contribution in [0.15, 0.2) is 0 Å². The molecule has 4 atom stereocenters. The summed E-state index contributed by atoms with van der Waals surface area (Å²) >= 11 is 0. The maximum absolute atomic E-state index is 11.3. The highest BCUT2D eigenvalue weighted by atomic mass is 31.2. The predicted octanol–water partition coefficient (Wildman–Crippen LogP) is -0.551. The molecule has 0 amide bonds. The molecule has 1 fully saturated rings. The molecule has 1 aliphatic rings. The molecule has 12 heteroatoms. The quantitative estimate of drug-likeness (QED) is 0.388. The van der Waals surface area contributed by atoms with Gasteiger partial charge < -0.3 is 29.1 Å². The van der Waals surface area contributed by atoms with Gasteiger partial charge in [-0.05, 0) is 0 Å². The van der Waals surface area contributed by atoms with E-state index in [0.717, 1.165) is 13.8 Å². The van der Waals surface area contributed by atoms with E-state index in [-0.39, 0.29) is 6.61 Å². The van der Waals surface area contributed by atoms with Crippen molar-refractivity contribution in [1.82, 2.24) is 0 Å². The lowest BCUT2D eigenvalue weighted by atomic mass is 9.87. The molecule has 0 aromatic heterocycles. The first-order chi connectivity index (χ1) is 11.0. The molecule has 4 unspecified atom stereocenters. The van der Waals surface area contributed by atoms with Crippen LogP contribution in [0.5, 0.6) is 0 Å². The molecule has 0 aromatic carbocycles. The SMILES string of the molecule is CC(=O)OC1COC(COP(=O)(O)O)C(CC(=O)O)C1OC(C)=O. The van der Waals surface area contributed by atoms with Crippen LogP contribution >= 0.6 is 7.82 Å². The maximum atomic E-state index is 11.3. The molecule has 1 heterocycles. The minimum absolute atomic E-state index is 0.247. The number of esters is 2. The summed E-state index contributed by atoms with van der Waals surface area (Å²) in [6, 6.07) is 0. The Bertz CT molecular complexity index is 527. The van der Waals surface area contributed by atoms with Crippen LogP contribution in [0.2, 0.25) is 0 Å². The maximum Gasteiger partial charge on any atom is 0.469 e. The molecule has 1 saturated heterocycles. The van der Waals surface area contributed by atoms with Crippen LogP contribution in [0, 0.1) is 5.92 Å². The number of hydrogen-bond acceptors (Lipinski definition) is 8. The molecule has 1 rings (SSSR count). The topological polar surface area (TPSA) is 166 Å². The summed E-state index contributed by atoms with van der Waals surface area (Å²) in [6.07, 6.45) is -3.82. The molecule has 138 valence electrons. The van der Waals surface area contributed by atoms with Crippen molar-refractivity contribution in [2.24, 2.45) is 5.92 Å². The average Bonchev–Trinajstić information content (AvgIpc) is 2.38. The van der Waals surface area contributed by atoms with Gasteiger partial charge in [0.25, 0.3) is 0 Å². The number of carbonyl (C=O) groups is 3. The highest BCUT2D eigenvalue weighted by Crippen LogP contribution is 2.38. The fourth-order valence-corrected chi connectivity index (χ4v) is 2.73. The van der Waals surface area contributed by atoms with Gasteiger partial charge in [0.05, 0.1) is 25.7 Å². The Morgan fingerprint density at radius 1 is 1.17 bits per heavy atom. The Hall–Kier alpha value is -1.52. The zero-order valence-electron chi connectivity index (χ0n) is 13.0. The first-order valence-corrected chi connectivity index (χ1v) is 8.40. The third kappa shape index (κ3) is 6.93. The molecule has 11 nitrogen and oxygen atoms in total. The second-order valence-corrected chi connectivity index (χ2v) is 6.38. The fourth-order valence-electron chi connectivity index (χ4n) is 2.38. The van der Waals surface area contributed by atoms with E-state index in [9.17, 15) is 18.9 Å². The number of phosphoric ester groups is 1. The molecule has 24 heavy (non-hydrogen) atoms. The van der Waals surface area contributed by atoms with E-state index in [1.807, 2.05) is 0 Å². The third-order valence-electron chi connectivity index (χ3n) is 3.18. The largest absolute Gasteiger partial charge is 0.481 e. The number of carboxylic acids is 1. The summed E-state index contributed by atoms with van der Waals surface area (Å²) in [4.78, 5) is 51.0. The molecular formula is C12H19O11P. The van der Waals surface area contributed by atoms with Gasteiger partial charge >= 0.3 is 25.7 Å². The highest BCUT2D eigenvalue weighted by Gasteiger charge is 2.46. The van der Waals surface area contributed by atoms with E-state index in [2.05, 4.69) is 4.52 Å². The van der Waals surface area contributed by atoms with Crippen molar-refractivity contribution in [3.8, 4) is 0 Å². The summed E-state index contributed by atoms with van der Waals surface area (Å²) in [6.45, 7) is 1.36. The average molecular weight is 370 g/mol.